The number of carboxylic acids is 1. The van der Waals surface area contributed by atoms with Crippen molar-refractivity contribution in [2.75, 3.05) is 0 Å². The summed E-state index contributed by atoms with van der Waals surface area (Å²) in [5.41, 5.74) is 0. The Morgan fingerprint density at radius 1 is 1.59 bits per heavy atom. The topological polar surface area (TPSA) is 91.3 Å². The molecule has 1 aromatic heterocycles. The van der Waals surface area contributed by atoms with E-state index in [2.05, 4.69) is 15.6 Å². The van der Waals surface area contributed by atoms with Crippen molar-refractivity contribution < 1.29 is 14.7 Å². The molecule has 0 saturated carbocycles. The van der Waals surface area contributed by atoms with Crippen molar-refractivity contribution in [1.29, 1.82) is 0 Å². The molecule has 2 amide bonds. The molecule has 0 fully saturated rings. The van der Waals surface area contributed by atoms with Gasteiger partial charge in [-0.1, -0.05) is 6.92 Å². The van der Waals surface area contributed by atoms with Gasteiger partial charge < -0.3 is 15.7 Å². The first-order valence-corrected chi connectivity index (χ1v) is 6.14. The second kappa shape index (κ2) is 6.85. The molecular formula is C10H15N3O3S. The lowest BCUT2D eigenvalue weighted by atomic mass is 10.1. The Hall–Kier alpha value is -1.63. The van der Waals surface area contributed by atoms with Gasteiger partial charge in [-0.15, -0.1) is 11.3 Å². The van der Waals surface area contributed by atoms with E-state index in [1.807, 2.05) is 12.3 Å². The number of aromatic nitrogens is 1. The van der Waals surface area contributed by atoms with E-state index in [4.69, 9.17) is 5.11 Å². The predicted octanol–water partition coefficient (Wildman–Crippen LogP) is 1.20. The molecule has 0 aliphatic rings. The third-order valence-electron chi connectivity index (χ3n) is 2.13. The summed E-state index contributed by atoms with van der Waals surface area (Å²) in [6.07, 6.45) is 2.18. The molecule has 0 radical (unpaired) electrons. The fraction of sp³-hybridized carbons (Fsp3) is 0.500. The SMILES string of the molecule is CCC(CC(=O)O)NC(=O)NCc1nccs1. The summed E-state index contributed by atoms with van der Waals surface area (Å²) in [5, 5.41) is 16.5. The van der Waals surface area contributed by atoms with Crippen LogP contribution in [-0.4, -0.2) is 28.1 Å². The van der Waals surface area contributed by atoms with Gasteiger partial charge in [-0.3, -0.25) is 4.79 Å². The normalized spacial score (nSPS) is 11.8. The van der Waals surface area contributed by atoms with Crippen molar-refractivity contribution in [3.63, 3.8) is 0 Å². The van der Waals surface area contributed by atoms with Gasteiger partial charge in [-0.2, -0.15) is 0 Å². The lowest BCUT2D eigenvalue weighted by Gasteiger charge is -2.14. The summed E-state index contributed by atoms with van der Waals surface area (Å²) in [5.74, 6) is -0.919. The molecule has 1 atom stereocenters. The second-order valence-corrected chi connectivity index (χ2v) is 4.44. The molecule has 94 valence electrons. The Morgan fingerprint density at radius 3 is 2.88 bits per heavy atom. The third kappa shape index (κ3) is 5.30. The van der Waals surface area contributed by atoms with E-state index in [1.165, 1.54) is 11.3 Å². The minimum absolute atomic E-state index is 0.0683. The Balaban J connectivity index is 2.30. The van der Waals surface area contributed by atoms with E-state index in [0.717, 1.165) is 5.01 Å². The van der Waals surface area contributed by atoms with Crippen molar-refractivity contribution in [2.45, 2.75) is 32.4 Å². The monoisotopic (exact) mass is 257 g/mol. The highest BCUT2D eigenvalue weighted by Crippen LogP contribution is 2.02. The number of nitrogens with zero attached hydrogens (tertiary/aromatic N) is 1. The van der Waals surface area contributed by atoms with Crippen LogP contribution in [0, 0.1) is 0 Å². The first-order chi connectivity index (χ1) is 8.11. The maximum Gasteiger partial charge on any atom is 0.315 e. The zero-order chi connectivity index (χ0) is 12.7. The number of nitrogens with one attached hydrogen (secondary N) is 2. The first kappa shape index (κ1) is 13.4. The maximum atomic E-state index is 11.5. The molecule has 0 bridgehead atoms. The molecule has 1 heterocycles. The molecule has 1 aromatic rings. The number of hydrogen-bond acceptors (Lipinski definition) is 4. The van der Waals surface area contributed by atoms with E-state index < -0.39 is 5.97 Å². The molecule has 0 spiro atoms. The Labute approximate surface area is 103 Å². The Kier molecular flexibility index (Phi) is 5.41. The summed E-state index contributed by atoms with van der Waals surface area (Å²) in [4.78, 5) is 26.0. The number of thiazole rings is 1. The van der Waals surface area contributed by atoms with Crippen molar-refractivity contribution in [1.82, 2.24) is 15.6 Å². The van der Waals surface area contributed by atoms with Crippen molar-refractivity contribution in [2.24, 2.45) is 0 Å². The van der Waals surface area contributed by atoms with Crippen LogP contribution in [0.25, 0.3) is 0 Å². The van der Waals surface area contributed by atoms with E-state index >= 15 is 0 Å². The second-order valence-electron chi connectivity index (χ2n) is 3.46. The zero-order valence-corrected chi connectivity index (χ0v) is 10.3. The van der Waals surface area contributed by atoms with E-state index in [9.17, 15) is 9.59 Å². The summed E-state index contributed by atoms with van der Waals surface area (Å²) < 4.78 is 0. The summed E-state index contributed by atoms with van der Waals surface area (Å²) in [6.45, 7) is 2.18. The fourth-order valence-electron chi connectivity index (χ4n) is 1.24. The maximum absolute atomic E-state index is 11.5. The van der Waals surface area contributed by atoms with E-state index in [-0.39, 0.29) is 18.5 Å². The number of carbonyl (C=O) groups is 2. The number of hydrogen-bond donors (Lipinski definition) is 3. The van der Waals surface area contributed by atoms with Crippen molar-refractivity contribution >= 4 is 23.3 Å². The number of rotatable bonds is 6. The van der Waals surface area contributed by atoms with Gasteiger partial charge >= 0.3 is 12.0 Å². The minimum Gasteiger partial charge on any atom is -0.481 e. The van der Waals surface area contributed by atoms with Crippen LogP contribution in [0.15, 0.2) is 11.6 Å². The Morgan fingerprint density at radius 2 is 2.35 bits per heavy atom. The van der Waals surface area contributed by atoms with Crippen LogP contribution in [0.5, 0.6) is 0 Å². The number of carbonyl (C=O) groups excluding carboxylic acids is 1. The number of aliphatic carboxylic acids is 1. The third-order valence-corrected chi connectivity index (χ3v) is 2.91. The molecule has 6 nitrogen and oxygen atoms in total. The molecular weight excluding hydrogens is 242 g/mol. The molecule has 0 saturated heterocycles. The number of carboxylic acid groups (broad SMARTS) is 1. The van der Waals surface area contributed by atoms with Gasteiger partial charge in [0.15, 0.2) is 0 Å². The molecule has 0 aromatic carbocycles. The highest BCUT2D eigenvalue weighted by molar-refractivity contribution is 7.09. The van der Waals surface area contributed by atoms with Crippen LogP contribution in [0.2, 0.25) is 0 Å². The molecule has 0 aliphatic heterocycles. The van der Waals surface area contributed by atoms with Crippen LogP contribution in [0.1, 0.15) is 24.8 Å². The Bertz CT molecular complexity index is 367. The molecule has 1 unspecified atom stereocenters. The van der Waals surface area contributed by atoms with Crippen LogP contribution in [-0.2, 0) is 11.3 Å². The van der Waals surface area contributed by atoms with Crippen molar-refractivity contribution in [3.05, 3.63) is 16.6 Å². The fourth-order valence-corrected chi connectivity index (χ4v) is 1.80. The van der Waals surface area contributed by atoms with Gasteiger partial charge in [0.25, 0.3) is 0 Å². The quantitative estimate of drug-likeness (QED) is 0.714. The summed E-state index contributed by atoms with van der Waals surface area (Å²) in [7, 11) is 0. The van der Waals surface area contributed by atoms with Gasteiger partial charge in [0.1, 0.15) is 5.01 Å². The van der Waals surface area contributed by atoms with Gasteiger partial charge in [0.2, 0.25) is 0 Å². The largest absolute Gasteiger partial charge is 0.481 e. The van der Waals surface area contributed by atoms with Gasteiger partial charge in [-0.25, -0.2) is 9.78 Å². The smallest absolute Gasteiger partial charge is 0.315 e. The van der Waals surface area contributed by atoms with Gasteiger partial charge in [-0.05, 0) is 6.42 Å². The molecule has 17 heavy (non-hydrogen) atoms. The average molecular weight is 257 g/mol. The average Bonchev–Trinajstić information content (AvgIpc) is 2.77. The standard InChI is InChI=1S/C10H15N3O3S/c1-2-7(5-9(14)15)13-10(16)12-6-8-11-3-4-17-8/h3-4,7H,2,5-6H2,1H3,(H,14,15)(H2,12,13,16). The van der Waals surface area contributed by atoms with E-state index in [0.29, 0.717) is 13.0 Å². The summed E-state index contributed by atoms with van der Waals surface area (Å²) in [6, 6.07) is -0.711. The van der Waals surface area contributed by atoms with Crippen LogP contribution in [0.4, 0.5) is 4.79 Å². The molecule has 0 aliphatic carbocycles. The molecule has 3 N–H and O–H groups in total. The van der Waals surface area contributed by atoms with Gasteiger partial charge in [0, 0.05) is 17.6 Å². The number of amides is 2. The minimum atomic E-state index is -0.919. The predicted molar refractivity (Wildman–Crippen MR) is 63.8 cm³/mol. The lowest BCUT2D eigenvalue weighted by molar-refractivity contribution is -0.137. The lowest BCUT2D eigenvalue weighted by Crippen LogP contribution is -2.42. The zero-order valence-electron chi connectivity index (χ0n) is 9.47. The molecule has 1 rings (SSSR count). The van der Waals surface area contributed by atoms with Crippen LogP contribution < -0.4 is 10.6 Å². The number of urea groups is 1. The van der Waals surface area contributed by atoms with Gasteiger partial charge in [0.05, 0.1) is 13.0 Å². The summed E-state index contributed by atoms with van der Waals surface area (Å²) >= 11 is 1.45. The first-order valence-electron chi connectivity index (χ1n) is 5.26. The highest BCUT2D eigenvalue weighted by Gasteiger charge is 2.13. The molecule has 7 heteroatoms. The van der Waals surface area contributed by atoms with Crippen LogP contribution >= 0.6 is 11.3 Å². The van der Waals surface area contributed by atoms with Crippen molar-refractivity contribution in [3.8, 4) is 0 Å². The van der Waals surface area contributed by atoms with Crippen LogP contribution in [0.3, 0.4) is 0 Å². The van der Waals surface area contributed by atoms with E-state index in [1.54, 1.807) is 6.20 Å². The highest BCUT2D eigenvalue weighted by atomic mass is 32.1.